The lowest BCUT2D eigenvalue weighted by Gasteiger charge is -2.10. The minimum absolute atomic E-state index is 0.937. The molecule has 1 aromatic carbocycles. The summed E-state index contributed by atoms with van der Waals surface area (Å²) < 4.78 is 3.13. The summed E-state index contributed by atoms with van der Waals surface area (Å²) in [7, 11) is 0. The van der Waals surface area contributed by atoms with Crippen LogP contribution in [0.15, 0.2) is 30.3 Å². The molecule has 4 heteroatoms. The summed E-state index contributed by atoms with van der Waals surface area (Å²) in [6.45, 7) is 7.38. The molecule has 3 aromatic rings. The molecule has 0 aliphatic carbocycles. The molecule has 0 N–H and O–H groups in total. The van der Waals surface area contributed by atoms with Crippen LogP contribution in [0.3, 0.4) is 0 Å². The molecule has 2 heterocycles. The second-order valence-corrected chi connectivity index (χ2v) is 6.96. The Morgan fingerprint density at radius 2 is 1.91 bits per heavy atom. The Labute approximate surface area is 140 Å². The van der Waals surface area contributed by atoms with E-state index in [1.54, 1.807) is 11.3 Å². The van der Waals surface area contributed by atoms with Crippen molar-refractivity contribution in [2.24, 2.45) is 0 Å². The highest BCUT2D eigenvalue weighted by molar-refractivity contribution is 7.71. The molecule has 0 unspecified atom stereocenters. The number of aryl methyl sites for hydroxylation is 2. The molecular formula is C18H20N2S2. The first-order valence-electron chi connectivity index (χ1n) is 7.69. The van der Waals surface area contributed by atoms with Crippen molar-refractivity contribution in [1.29, 1.82) is 0 Å². The molecule has 0 aliphatic rings. The number of nitrogens with zero attached hydrogens (tertiary/aromatic N) is 2. The Hall–Kier alpha value is -1.52. The molecule has 2 aromatic heterocycles. The Morgan fingerprint density at radius 3 is 2.59 bits per heavy atom. The van der Waals surface area contributed by atoms with Crippen LogP contribution >= 0.6 is 23.6 Å². The summed E-state index contributed by atoms with van der Waals surface area (Å²) >= 11 is 7.52. The highest BCUT2D eigenvalue weighted by atomic mass is 32.1. The van der Waals surface area contributed by atoms with Crippen molar-refractivity contribution in [2.45, 2.75) is 40.2 Å². The monoisotopic (exact) mass is 328 g/mol. The molecule has 0 saturated heterocycles. The van der Waals surface area contributed by atoms with Gasteiger partial charge in [0.15, 0.2) is 0 Å². The number of benzene rings is 1. The number of fused-ring (bicyclic) bond motifs is 1. The molecule has 0 radical (unpaired) electrons. The van der Waals surface area contributed by atoms with Gasteiger partial charge in [0.05, 0.1) is 0 Å². The van der Waals surface area contributed by atoms with Crippen molar-refractivity contribution < 1.29 is 0 Å². The first kappa shape index (κ1) is 15.4. The number of unbranched alkanes of at least 4 members (excludes halogenated alkanes) is 1. The second-order valence-electron chi connectivity index (χ2n) is 5.57. The quantitative estimate of drug-likeness (QED) is 0.554. The van der Waals surface area contributed by atoms with E-state index >= 15 is 0 Å². The van der Waals surface area contributed by atoms with Crippen LogP contribution in [0.25, 0.3) is 20.7 Å². The average Bonchev–Trinajstić information content (AvgIpc) is 2.85. The van der Waals surface area contributed by atoms with Gasteiger partial charge in [-0.05, 0) is 31.4 Å². The fourth-order valence-electron chi connectivity index (χ4n) is 2.76. The smallest absolute Gasteiger partial charge is 0.129 e. The first-order chi connectivity index (χ1) is 10.6. The van der Waals surface area contributed by atoms with Crippen LogP contribution in [0.1, 0.15) is 31.2 Å². The normalized spacial score (nSPS) is 11.2. The zero-order valence-corrected chi connectivity index (χ0v) is 14.9. The summed E-state index contributed by atoms with van der Waals surface area (Å²) in [5.74, 6) is 1.02. The van der Waals surface area contributed by atoms with Crippen molar-refractivity contribution in [2.75, 3.05) is 0 Å². The van der Waals surface area contributed by atoms with Crippen LogP contribution in [0.2, 0.25) is 0 Å². The average molecular weight is 329 g/mol. The number of hydrogen-bond acceptors (Lipinski definition) is 3. The number of aromatic nitrogens is 2. The molecule has 0 spiro atoms. The zero-order valence-electron chi connectivity index (χ0n) is 13.2. The van der Waals surface area contributed by atoms with E-state index in [-0.39, 0.29) is 0 Å². The lowest BCUT2D eigenvalue weighted by Crippen LogP contribution is -2.07. The highest BCUT2D eigenvalue weighted by Gasteiger charge is 2.15. The van der Waals surface area contributed by atoms with E-state index in [4.69, 9.17) is 17.2 Å². The molecule has 114 valence electrons. The maximum absolute atomic E-state index is 5.77. The fraction of sp³-hybridized carbons (Fsp3) is 0.333. The minimum atomic E-state index is 0.937. The summed E-state index contributed by atoms with van der Waals surface area (Å²) in [5, 5.41) is 1.15. The summed E-state index contributed by atoms with van der Waals surface area (Å²) in [4.78, 5) is 7.15. The third kappa shape index (κ3) is 2.61. The summed E-state index contributed by atoms with van der Waals surface area (Å²) in [6, 6.07) is 10.5. The predicted octanol–water partition coefficient (Wildman–Crippen LogP) is 5.91. The van der Waals surface area contributed by atoms with Crippen molar-refractivity contribution in [3.05, 3.63) is 46.4 Å². The molecule has 0 bridgehead atoms. The molecule has 22 heavy (non-hydrogen) atoms. The molecule has 2 nitrogen and oxygen atoms in total. The van der Waals surface area contributed by atoms with E-state index in [9.17, 15) is 0 Å². The van der Waals surface area contributed by atoms with E-state index in [2.05, 4.69) is 49.6 Å². The van der Waals surface area contributed by atoms with Gasteiger partial charge in [-0.25, -0.2) is 4.98 Å². The number of hydrogen-bond donors (Lipinski definition) is 0. The van der Waals surface area contributed by atoms with Crippen LogP contribution in [-0.2, 0) is 6.54 Å². The van der Waals surface area contributed by atoms with Gasteiger partial charge in [-0.1, -0.05) is 55.9 Å². The van der Waals surface area contributed by atoms with E-state index < -0.39 is 0 Å². The molecule has 0 amide bonds. The largest absolute Gasteiger partial charge is 0.320 e. The summed E-state index contributed by atoms with van der Waals surface area (Å²) in [5.41, 5.74) is 2.50. The Bertz CT molecular complexity index is 860. The molecule has 3 rings (SSSR count). The number of thiophene rings is 1. The zero-order chi connectivity index (χ0) is 15.7. The Morgan fingerprint density at radius 1 is 1.18 bits per heavy atom. The molecule has 0 aliphatic heterocycles. The fourth-order valence-corrected chi connectivity index (χ4v) is 4.53. The van der Waals surface area contributed by atoms with Crippen LogP contribution < -0.4 is 0 Å². The van der Waals surface area contributed by atoms with Crippen LogP contribution in [0, 0.1) is 18.5 Å². The topological polar surface area (TPSA) is 17.8 Å². The second kappa shape index (κ2) is 6.31. The van der Waals surface area contributed by atoms with Gasteiger partial charge >= 0.3 is 0 Å². The highest BCUT2D eigenvalue weighted by Crippen LogP contribution is 2.37. The van der Waals surface area contributed by atoms with Gasteiger partial charge in [-0.3, -0.25) is 0 Å². The van der Waals surface area contributed by atoms with Gasteiger partial charge in [-0.2, -0.15) is 0 Å². The van der Waals surface area contributed by atoms with E-state index in [0.717, 1.165) is 40.1 Å². The van der Waals surface area contributed by atoms with E-state index in [0.29, 0.717) is 0 Å². The lowest BCUT2D eigenvalue weighted by atomic mass is 10.1. The van der Waals surface area contributed by atoms with Gasteiger partial charge in [-0.15, -0.1) is 11.3 Å². The van der Waals surface area contributed by atoms with Crippen molar-refractivity contribution >= 4 is 33.8 Å². The Balaban J connectivity index is 2.23. The maximum Gasteiger partial charge on any atom is 0.129 e. The van der Waals surface area contributed by atoms with Gasteiger partial charge in [0.1, 0.15) is 15.3 Å². The van der Waals surface area contributed by atoms with Crippen LogP contribution in [0.4, 0.5) is 0 Å². The third-order valence-electron chi connectivity index (χ3n) is 4.01. The Kier molecular flexibility index (Phi) is 4.41. The predicted molar refractivity (Wildman–Crippen MR) is 98.3 cm³/mol. The van der Waals surface area contributed by atoms with Crippen molar-refractivity contribution in [1.82, 2.24) is 9.55 Å². The summed E-state index contributed by atoms with van der Waals surface area (Å²) in [6.07, 6.45) is 2.30. The minimum Gasteiger partial charge on any atom is -0.320 e. The molecule has 0 atom stereocenters. The lowest BCUT2D eigenvalue weighted by molar-refractivity contribution is 0.601. The van der Waals surface area contributed by atoms with Gasteiger partial charge in [0, 0.05) is 16.8 Å². The molecule has 0 fully saturated rings. The maximum atomic E-state index is 5.77. The molecular weight excluding hydrogens is 308 g/mol. The van der Waals surface area contributed by atoms with Crippen molar-refractivity contribution in [3.63, 3.8) is 0 Å². The van der Waals surface area contributed by atoms with E-state index in [1.165, 1.54) is 16.0 Å². The standard InChI is InChI=1S/C18H20N2S2/c1-4-5-11-20-13(3)19-17-15(18(20)21)12(2)16(22-17)14-9-7-6-8-10-14/h6-10H,4-5,11H2,1-3H3. The van der Waals surface area contributed by atoms with Crippen molar-refractivity contribution in [3.8, 4) is 10.4 Å². The van der Waals surface area contributed by atoms with Gasteiger partial charge in [0.25, 0.3) is 0 Å². The van der Waals surface area contributed by atoms with Gasteiger partial charge in [0.2, 0.25) is 0 Å². The first-order valence-corrected chi connectivity index (χ1v) is 8.92. The molecule has 0 saturated carbocycles. The third-order valence-corrected chi connectivity index (χ3v) is 5.67. The van der Waals surface area contributed by atoms with Crippen LogP contribution in [0.5, 0.6) is 0 Å². The number of rotatable bonds is 4. The van der Waals surface area contributed by atoms with Gasteiger partial charge < -0.3 is 4.57 Å². The SMILES string of the molecule is CCCCn1c(C)nc2sc(-c3ccccc3)c(C)c2c1=S. The van der Waals surface area contributed by atoms with E-state index in [1.807, 2.05) is 6.07 Å². The van der Waals surface area contributed by atoms with Crippen LogP contribution in [-0.4, -0.2) is 9.55 Å².